The van der Waals surface area contributed by atoms with Gasteiger partial charge in [-0.05, 0) is 37.5 Å². The Bertz CT molecular complexity index is 1160. The third-order valence-corrected chi connectivity index (χ3v) is 5.54. The minimum Gasteiger partial charge on any atom is -0.381 e. The number of carbonyl (C=O) groups is 2. The number of benzene rings is 1. The summed E-state index contributed by atoms with van der Waals surface area (Å²) in [5.41, 5.74) is 6.91. The second kappa shape index (κ2) is 9.97. The van der Waals surface area contributed by atoms with E-state index >= 15 is 0 Å². The number of primary amides is 1. The number of imidazole rings is 1. The highest BCUT2D eigenvalue weighted by Gasteiger charge is 2.23. The molecule has 3 aromatic rings. The molecule has 1 saturated heterocycles. The smallest absolute Gasteiger partial charge is 0.272 e. The summed E-state index contributed by atoms with van der Waals surface area (Å²) in [6.45, 7) is 3.28. The lowest BCUT2D eigenvalue weighted by atomic mass is 10.1. The van der Waals surface area contributed by atoms with Gasteiger partial charge in [-0.15, -0.1) is 0 Å². The molecule has 1 aliphatic heterocycles. The Kier molecular flexibility index (Phi) is 6.85. The summed E-state index contributed by atoms with van der Waals surface area (Å²) in [7, 11) is 0. The van der Waals surface area contributed by atoms with E-state index in [1.807, 2.05) is 6.92 Å². The lowest BCUT2D eigenvalue weighted by Crippen LogP contribution is -2.37. The monoisotopic (exact) mass is 469 g/mol. The van der Waals surface area contributed by atoms with Crippen LogP contribution in [0.3, 0.4) is 0 Å². The number of nitrogens with two attached hydrogens (primary N) is 1. The predicted molar refractivity (Wildman–Crippen MR) is 122 cm³/mol. The Morgan fingerprint density at radius 1 is 1.27 bits per heavy atom. The number of carbonyl (C=O) groups excluding carboxylic acids is 2. The van der Waals surface area contributed by atoms with Gasteiger partial charge in [0.2, 0.25) is 11.9 Å². The molecular formula is C22H24ClN7O3. The fraction of sp³-hybridized carbons (Fsp3) is 0.318. The molecule has 3 heterocycles. The highest BCUT2D eigenvalue weighted by atomic mass is 35.5. The van der Waals surface area contributed by atoms with Crippen LogP contribution in [0.4, 0.5) is 5.95 Å². The van der Waals surface area contributed by atoms with Crippen LogP contribution >= 0.6 is 11.6 Å². The Morgan fingerprint density at radius 2 is 2.06 bits per heavy atom. The van der Waals surface area contributed by atoms with Crippen molar-refractivity contribution in [2.45, 2.75) is 31.8 Å². The summed E-state index contributed by atoms with van der Waals surface area (Å²) in [6, 6.07) is 5.79. The number of nitrogens with zero attached hydrogens (tertiary/aromatic N) is 4. The van der Waals surface area contributed by atoms with Gasteiger partial charge in [-0.3, -0.25) is 14.2 Å². The van der Waals surface area contributed by atoms with Crippen LogP contribution < -0.4 is 16.4 Å². The van der Waals surface area contributed by atoms with Gasteiger partial charge in [0.15, 0.2) is 0 Å². The van der Waals surface area contributed by atoms with Gasteiger partial charge in [0.25, 0.3) is 5.91 Å². The number of ether oxygens (including phenoxy) is 1. The molecule has 2 aromatic heterocycles. The molecule has 0 aliphatic carbocycles. The van der Waals surface area contributed by atoms with E-state index in [-0.39, 0.29) is 11.7 Å². The number of amides is 2. The molecule has 0 spiro atoms. The fourth-order valence-electron chi connectivity index (χ4n) is 3.55. The number of hydrogen-bond donors (Lipinski definition) is 3. The first kappa shape index (κ1) is 22.7. The second-order valence-electron chi connectivity index (χ2n) is 7.76. The van der Waals surface area contributed by atoms with E-state index in [2.05, 4.69) is 25.6 Å². The van der Waals surface area contributed by atoms with Crippen molar-refractivity contribution in [3.63, 3.8) is 0 Å². The van der Waals surface area contributed by atoms with Crippen molar-refractivity contribution < 1.29 is 14.3 Å². The van der Waals surface area contributed by atoms with Crippen LogP contribution in [-0.4, -0.2) is 50.6 Å². The van der Waals surface area contributed by atoms with Crippen molar-refractivity contribution in [3.05, 3.63) is 64.8 Å². The van der Waals surface area contributed by atoms with E-state index in [0.717, 1.165) is 18.4 Å². The maximum atomic E-state index is 12.8. The summed E-state index contributed by atoms with van der Waals surface area (Å²) >= 11 is 6.00. The van der Waals surface area contributed by atoms with Crippen molar-refractivity contribution in [1.29, 1.82) is 0 Å². The van der Waals surface area contributed by atoms with Crippen LogP contribution in [0.1, 0.15) is 40.5 Å². The highest BCUT2D eigenvalue weighted by Crippen LogP contribution is 2.19. The van der Waals surface area contributed by atoms with E-state index in [0.29, 0.717) is 35.6 Å². The maximum absolute atomic E-state index is 12.8. The van der Waals surface area contributed by atoms with Crippen LogP contribution in [-0.2, 0) is 9.53 Å². The molecule has 10 nitrogen and oxygen atoms in total. The van der Waals surface area contributed by atoms with E-state index in [4.69, 9.17) is 22.1 Å². The number of hydrogen-bond acceptors (Lipinski definition) is 7. The molecule has 0 bridgehead atoms. The van der Waals surface area contributed by atoms with E-state index < -0.39 is 17.9 Å². The molecule has 0 radical (unpaired) electrons. The molecule has 1 aromatic carbocycles. The van der Waals surface area contributed by atoms with Crippen LogP contribution in [0.15, 0.2) is 43.0 Å². The van der Waals surface area contributed by atoms with Gasteiger partial charge >= 0.3 is 0 Å². The lowest BCUT2D eigenvalue weighted by Gasteiger charge is -2.23. The minimum atomic E-state index is -1.04. The number of aromatic nitrogens is 4. The molecular weight excluding hydrogens is 446 g/mol. The van der Waals surface area contributed by atoms with Crippen molar-refractivity contribution in [2.24, 2.45) is 5.73 Å². The lowest BCUT2D eigenvalue weighted by molar-refractivity contribution is -0.120. The third kappa shape index (κ3) is 5.47. The van der Waals surface area contributed by atoms with Crippen molar-refractivity contribution in [1.82, 2.24) is 24.8 Å². The molecule has 1 fully saturated rings. The van der Waals surface area contributed by atoms with Gasteiger partial charge in [-0.25, -0.2) is 9.97 Å². The minimum absolute atomic E-state index is 0.111. The summed E-state index contributed by atoms with van der Waals surface area (Å²) in [6.07, 6.45) is 6.51. The zero-order chi connectivity index (χ0) is 23.4. The summed E-state index contributed by atoms with van der Waals surface area (Å²) < 4.78 is 7.02. The molecule has 0 saturated carbocycles. The van der Waals surface area contributed by atoms with Crippen LogP contribution in [0, 0.1) is 6.92 Å². The van der Waals surface area contributed by atoms with Crippen LogP contribution in [0.2, 0.25) is 5.02 Å². The Hall–Kier alpha value is -3.50. The molecule has 172 valence electrons. The zero-order valence-corrected chi connectivity index (χ0v) is 18.7. The third-order valence-electron chi connectivity index (χ3n) is 5.30. The van der Waals surface area contributed by atoms with Gasteiger partial charge in [0.05, 0.1) is 0 Å². The molecule has 11 heteroatoms. The Morgan fingerprint density at radius 3 is 2.79 bits per heavy atom. The van der Waals surface area contributed by atoms with Gasteiger partial charge in [-0.2, -0.15) is 4.98 Å². The van der Waals surface area contributed by atoms with E-state index in [1.54, 1.807) is 41.2 Å². The molecule has 4 rings (SSSR count). The predicted octanol–water partition coefficient (Wildman–Crippen LogP) is 2.17. The van der Waals surface area contributed by atoms with E-state index in [9.17, 15) is 9.59 Å². The molecule has 2 amide bonds. The van der Waals surface area contributed by atoms with E-state index in [1.165, 1.54) is 6.33 Å². The topological polar surface area (TPSA) is 137 Å². The number of aryl methyl sites for hydroxylation is 1. The summed E-state index contributed by atoms with van der Waals surface area (Å²) in [5, 5.41) is 6.38. The van der Waals surface area contributed by atoms with Gasteiger partial charge in [0.1, 0.15) is 23.9 Å². The molecule has 33 heavy (non-hydrogen) atoms. The first-order valence-corrected chi connectivity index (χ1v) is 10.9. The average molecular weight is 470 g/mol. The fourth-order valence-corrected chi connectivity index (χ4v) is 3.75. The maximum Gasteiger partial charge on any atom is 0.272 e. The molecule has 1 unspecified atom stereocenters. The van der Waals surface area contributed by atoms with Crippen molar-refractivity contribution >= 4 is 29.4 Å². The van der Waals surface area contributed by atoms with Crippen molar-refractivity contribution in [2.75, 3.05) is 18.5 Å². The first-order chi connectivity index (χ1) is 15.9. The molecule has 4 N–H and O–H groups in total. The highest BCUT2D eigenvalue weighted by molar-refractivity contribution is 6.30. The number of rotatable bonds is 7. The van der Waals surface area contributed by atoms with Crippen LogP contribution in [0.5, 0.6) is 0 Å². The first-order valence-electron chi connectivity index (χ1n) is 10.5. The largest absolute Gasteiger partial charge is 0.381 e. The zero-order valence-electron chi connectivity index (χ0n) is 18.0. The summed E-state index contributed by atoms with van der Waals surface area (Å²) in [4.78, 5) is 37.9. The second-order valence-corrected chi connectivity index (χ2v) is 8.20. The number of nitrogens with one attached hydrogen (secondary N) is 2. The number of halogens is 1. The van der Waals surface area contributed by atoms with Gasteiger partial charge < -0.3 is 21.1 Å². The average Bonchev–Trinajstić information content (AvgIpc) is 3.29. The molecule has 1 atom stereocenters. The SMILES string of the molecule is Cc1cnc(NC2CCOCC2)nc1-n1cnc(C(=O)NC(C(N)=O)c2cccc(Cl)c2)c1. The van der Waals surface area contributed by atoms with Gasteiger partial charge in [-0.1, -0.05) is 23.7 Å². The quantitative estimate of drug-likeness (QED) is 0.482. The Labute approximate surface area is 195 Å². The Balaban J connectivity index is 1.51. The van der Waals surface area contributed by atoms with Gasteiger partial charge in [0, 0.05) is 42.2 Å². The summed E-state index contributed by atoms with van der Waals surface area (Å²) in [5.74, 6) is -0.172. The van der Waals surface area contributed by atoms with Crippen LogP contribution in [0.25, 0.3) is 5.82 Å². The molecule has 1 aliphatic rings. The van der Waals surface area contributed by atoms with Crippen molar-refractivity contribution in [3.8, 4) is 5.82 Å². The normalized spacial score (nSPS) is 15.1. The number of anilines is 1. The standard InChI is InChI=1S/C22H24ClN7O3/c1-13-10-25-22(27-16-5-7-33-8-6-16)29-20(13)30-11-17(26-12-30)21(32)28-18(19(24)31)14-3-2-4-15(23)9-14/h2-4,9-12,16,18H,5-8H2,1H3,(H2,24,31)(H,28,32)(H,25,27,29).